The molecule has 2 aromatic carbocycles. The van der Waals surface area contributed by atoms with Crippen molar-refractivity contribution in [3.05, 3.63) is 59.1 Å². The molecule has 0 aromatic heterocycles. The van der Waals surface area contributed by atoms with E-state index >= 15 is 0 Å². The Balaban J connectivity index is 1.78. The van der Waals surface area contributed by atoms with E-state index in [-0.39, 0.29) is 12.5 Å². The first-order chi connectivity index (χ1) is 11.7. The van der Waals surface area contributed by atoms with Crippen molar-refractivity contribution in [1.82, 2.24) is 5.43 Å². The van der Waals surface area contributed by atoms with Gasteiger partial charge in [-0.2, -0.15) is 5.10 Å². The topological polar surface area (TPSA) is 59.9 Å². The lowest BCUT2D eigenvalue weighted by Crippen LogP contribution is -2.24. The molecule has 0 bridgehead atoms. The maximum atomic E-state index is 11.7. The van der Waals surface area contributed by atoms with E-state index in [4.69, 9.17) is 21.1 Å². The van der Waals surface area contributed by atoms with Crippen LogP contribution < -0.4 is 14.9 Å². The molecule has 6 heteroatoms. The average Bonchev–Trinajstić information content (AvgIpc) is 2.60. The van der Waals surface area contributed by atoms with Gasteiger partial charge < -0.3 is 9.47 Å². The molecule has 0 spiro atoms. The number of nitrogens with one attached hydrogen (secondary N) is 1. The molecular weight excluding hydrogens is 328 g/mol. The minimum absolute atomic E-state index is 0.126. The fourth-order valence-electron chi connectivity index (χ4n) is 1.80. The van der Waals surface area contributed by atoms with E-state index in [9.17, 15) is 4.79 Å². The van der Waals surface area contributed by atoms with Gasteiger partial charge in [-0.25, -0.2) is 5.43 Å². The normalized spacial score (nSPS) is 10.6. The maximum Gasteiger partial charge on any atom is 0.277 e. The minimum Gasteiger partial charge on any atom is -0.494 e. The van der Waals surface area contributed by atoms with Crippen molar-refractivity contribution >= 4 is 23.7 Å². The smallest absolute Gasteiger partial charge is 0.277 e. The number of amides is 1. The summed E-state index contributed by atoms with van der Waals surface area (Å²) >= 11 is 5.78. The molecule has 0 aliphatic rings. The zero-order valence-electron chi connectivity index (χ0n) is 13.4. The molecule has 2 rings (SSSR count). The fraction of sp³-hybridized carbons (Fsp3) is 0.222. The first-order valence-electron chi connectivity index (χ1n) is 7.60. The van der Waals surface area contributed by atoms with E-state index < -0.39 is 0 Å². The Morgan fingerprint density at radius 2 is 1.96 bits per heavy atom. The first kappa shape index (κ1) is 17.8. The summed E-state index contributed by atoms with van der Waals surface area (Å²) in [5, 5.41) is 4.52. The third-order valence-electron chi connectivity index (χ3n) is 2.92. The van der Waals surface area contributed by atoms with Crippen LogP contribution in [0.3, 0.4) is 0 Å². The van der Waals surface area contributed by atoms with E-state index in [1.54, 1.807) is 30.5 Å². The Morgan fingerprint density at radius 1 is 1.17 bits per heavy atom. The summed E-state index contributed by atoms with van der Waals surface area (Å²) in [5.74, 6) is 0.997. The molecule has 126 valence electrons. The third-order valence-corrected chi connectivity index (χ3v) is 3.17. The number of carbonyl (C=O) groups is 1. The van der Waals surface area contributed by atoms with Gasteiger partial charge in [-0.3, -0.25) is 4.79 Å². The van der Waals surface area contributed by atoms with Crippen molar-refractivity contribution in [3.8, 4) is 11.5 Å². The van der Waals surface area contributed by atoms with Gasteiger partial charge >= 0.3 is 0 Å². The number of carbonyl (C=O) groups excluding carboxylic acids is 1. The van der Waals surface area contributed by atoms with Crippen LogP contribution in [0.5, 0.6) is 11.5 Å². The summed E-state index contributed by atoms with van der Waals surface area (Å²) in [5.41, 5.74) is 3.25. The van der Waals surface area contributed by atoms with Crippen LogP contribution in [0.25, 0.3) is 0 Å². The molecule has 0 saturated heterocycles. The van der Waals surface area contributed by atoms with E-state index in [0.29, 0.717) is 17.4 Å². The van der Waals surface area contributed by atoms with Crippen molar-refractivity contribution in [3.63, 3.8) is 0 Å². The molecular formula is C18H19ClN2O3. The molecule has 0 atom stereocenters. The number of hydrazone groups is 1. The summed E-state index contributed by atoms with van der Waals surface area (Å²) in [4.78, 5) is 11.7. The van der Waals surface area contributed by atoms with Gasteiger partial charge in [-0.05, 0) is 48.4 Å². The van der Waals surface area contributed by atoms with Gasteiger partial charge in [0.2, 0.25) is 0 Å². The molecule has 0 saturated carbocycles. The van der Waals surface area contributed by atoms with Crippen molar-refractivity contribution in [2.24, 2.45) is 5.10 Å². The summed E-state index contributed by atoms with van der Waals surface area (Å²) in [6, 6.07) is 14.3. The Labute approximate surface area is 146 Å². The third kappa shape index (κ3) is 6.30. The molecule has 1 amide bonds. The van der Waals surface area contributed by atoms with E-state index in [1.807, 2.05) is 31.2 Å². The Bertz CT molecular complexity index is 687. The number of rotatable bonds is 8. The zero-order chi connectivity index (χ0) is 17.2. The van der Waals surface area contributed by atoms with Crippen LogP contribution in [0, 0.1) is 0 Å². The lowest BCUT2D eigenvalue weighted by atomic mass is 10.2. The van der Waals surface area contributed by atoms with Crippen LogP contribution in [-0.4, -0.2) is 25.3 Å². The monoisotopic (exact) mass is 346 g/mol. The van der Waals surface area contributed by atoms with Gasteiger partial charge in [-0.15, -0.1) is 0 Å². The second-order valence-electron chi connectivity index (χ2n) is 4.96. The number of halogens is 1. The summed E-state index contributed by atoms with van der Waals surface area (Å²) < 4.78 is 10.9. The van der Waals surface area contributed by atoms with Crippen LogP contribution in [0.4, 0.5) is 0 Å². The van der Waals surface area contributed by atoms with Crippen LogP contribution >= 0.6 is 11.6 Å². The molecule has 24 heavy (non-hydrogen) atoms. The first-order valence-corrected chi connectivity index (χ1v) is 7.98. The van der Waals surface area contributed by atoms with Gasteiger partial charge in [0, 0.05) is 5.02 Å². The quantitative estimate of drug-likeness (QED) is 0.586. The average molecular weight is 347 g/mol. The lowest BCUT2D eigenvalue weighted by Gasteiger charge is -2.05. The largest absolute Gasteiger partial charge is 0.494 e. The van der Waals surface area contributed by atoms with E-state index in [1.165, 1.54) is 0 Å². The fourth-order valence-corrected chi connectivity index (χ4v) is 1.92. The summed E-state index contributed by atoms with van der Waals surface area (Å²) in [6.07, 6.45) is 2.50. The van der Waals surface area contributed by atoms with Gasteiger partial charge in [-0.1, -0.05) is 30.7 Å². The predicted molar refractivity (Wildman–Crippen MR) is 94.9 cm³/mol. The zero-order valence-corrected chi connectivity index (χ0v) is 14.1. The van der Waals surface area contributed by atoms with Gasteiger partial charge in [0.25, 0.3) is 5.91 Å². The Kier molecular flexibility index (Phi) is 7.11. The van der Waals surface area contributed by atoms with Crippen LogP contribution in [0.2, 0.25) is 5.02 Å². The van der Waals surface area contributed by atoms with Gasteiger partial charge in [0.05, 0.1) is 12.8 Å². The number of hydrogen-bond acceptors (Lipinski definition) is 4. The summed E-state index contributed by atoms with van der Waals surface area (Å²) in [7, 11) is 0. The molecule has 2 aromatic rings. The van der Waals surface area contributed by atoms with Gasteiger partial charge in [0.15, 0.2) is 6.61 Å². The van der Waals surface area contributed by atoms with Crippen LogP contribution in [0.1, 0.15) is 18.9 Å². The predicted octanol–water partition coefficient (Wildman–Crippen LogP) is 3.66. The number of nitrogens with zero attached hydrogens (tertiary/aromatic N) is 1. The molecule has 0 fully saturated rings. The van der Waals surface area contributed by atoms with Crippen molar-refractivity contribution in [2.45, 2.75) is 13.3 Å². The molecule has 0 aliphatic heterocycles. The molecule has 0 unspecified atom stereocenters. The van der Waals surface area contributed by atoms with Crippen molar-refractivity contribution in [2.75, 3.05) is 13.2 Å². The molecule has 0 heterocycles. The number of hydrogen-bond donors (Lipinski definition) is 1. The van der Waals surface area contributed by atoms with Crippen molar-refractivity contribution in [1.29, 1.82) is 0 Å². The standard InChI is InChI=1S/C18H19ClN2O3/c1-2-10-23-17-5-3-4-14(11-17)12-20-21-18(22)13-24-16-8-6-15(19)7-9-16/h3-9,11-12H,2,10,13H2,1H3,(H,21,22)/b20-12-. The molecule has 0 aliphatic carbocycles. The van der Waals surface area contributed by atoms with Crippen LogP contribution in [-0.2, 0) is 4.79 Å². The number of ether oxygens (including phenoxy) is 2. The lowest BCUT2D eigenvalue weighted by molar-refractivity contribution is -0.123. The number of benzene rings is 2. The van der Waals surface area contributed by atoms with Gasteiger partial charge in [0.1, 0.15) is 11.5 Å². The minimum atomic E-state index is -0.348. The molecule has 0 radical (unpaired) electrons. The molecule has 1 N–H and O–H groups in total. The highest BCUT2D eigenvalue weighted by atomic mass is 35.5. The highest BCUT2D eigenvalue weighted by molar-refractivity contribution is 6.30. The second kappa shape index (κ2) is 9.57. The molecule has 5 nitrogen and oxygen atoms in total. The second-order valence-corrected chi connectivity index (χ2v) is 5.39. The Hall–Kier alpha value is -2.53. The van der Waals surface area contributed by atoms with E-state index in [0.717, 1.165) is 17.7 Å². The highest BCUT2D eigenvalue weighted by Crippen LogP contribution is 2.15. The van der Waals surface area contributed by atoms with Crippen LogP contribution in [0.15, 0.2) is 53.6 Å². The Morgan fingerprint density at radius 3 is 2.71 bits per heavy atom. The van der Waals surface area contributed by atoms with E-state index in [2.05, 4.69) is 10.5 Å². The maximum absolute atomic E-state index is 11.7. The highest BCUT2D eigenvalue weighted by Gasteiger charge is 2.01. The summed E-state index contributed by atoms with van der Waals surface area (Å²) in [6.45, 7) is 2.59. The SMILES string of the molecule is CCCOc1cccc(/C=N\NC(=O)COc2ccc(Cl)cc2)c1. The van der Waals surface area contributed by atoms with Crippen molar-refractivity contribution < 1.29 is 14.3 Å².